The predicted octanol–water partition coefficient (Wildman–Crippen LogP) is 4.41. The Morgan fingerprint density at radius 2 is 1.89 bits per heavy atom. The second-order valence-electron chi connectivity index (χ2n) is 8.34. The number of rotatable bonds is 11. The van der Waals surface area contributed by atoms with Crippen molar-refractivity contribution in [3.05, 3.63) is 103 Å². The third-order valence-electron chi connectivity index (χ3n) is 5.82. The SMILES string of the molecule is CCOc1ccc(CN(CCCn2ccnc2)C(=O)NC(c2ccccc2)c2nccn2C)cc1. The predicted molar refractivity (Wildman–Crippen MR) is 135 cm³/mol. The van der Waals surface area contributed by atoms with Crippen LogP contribution in [0, 0.1) is 0 Å². The topological polar surface area (TPSA) is 77.2 Å². The molecule has 0 aliphatic rings. The maximum Gasteiger partial charge on any atom is 0.318 e. The number of aryl methyl sites for hydroxylation is 2. The van der Waals surface area contributed by atoms with Crippen molar-refractivity contribution in [1.29, 1.82) is 0 Å². The minimum Gasteiger partial charge on any atom is -0.494 e. The molecule has 8 nitrogen and oxygen atoms in total. The number of carbonyl (C=O) groups is 1. The summed E-state index contributed by atoms with van der Waals surface area (Å²) < 4.78 is 9.52. The number of hydrogen-bond donors (Lipinski definition) is 1. The van der Waals surface area contributed by atoms with Gasteiger partial charge < -0.3 is 24.1 Å². The van der Waals surface area contributed by atoms with Crippen LogP contribution in [0.3, 0.4) is 0 Å². The van der Waals surface area contributed by atoms with E-state index >= 15 is 0 Å². The fraction of sp³-hybridized carbons (Fsp3) is 0.296. The number of imidazole rings is 2. The van der Waals surface area contributed by atoms with Gasteiger partial charge in [0.25, 0.3) is 0 Å². The number of aromatic nitrogens is 4. The second kappa shape index (κ2) is 11.9. The van der Waals surface area contributed by atoms with E-state index in [1.165, 1.54) is 0 Å². The van der Waals surface area contributed by atoms with Crippen LogP contribution in [0.2, 0.25) is 0 Å². The first-order valence-electron chi connectivity index (χ1n) is 11.9. The van der Waals surface area contributed by atoms with Crippen molar-refractivity contribution in [2.24, 2.45) is 7.05 Å². The first-order valence-corrected chi connectivity index (χ1v) is 11.9. The Morgan fingerprint density at radius 1 is 1.09 bits per heavy atom. The standard InChI is InChI=1S/C27H32N6O2/c1-3-35-24-12-10-22(11-13-24)20-33(17-7-16-32-19-14-28-21-32)27(34)30-25(23-8-5-4-6-9-23)26-29-15-18-31(26)2/h4-6,8-15,18-19,21,25H,3,7,16-17,20H2,1-2H3,(H,30,34). The summed E-state index contributed by atoms with van der Waals surface area (Å²) in [5.41, 5.74) is 2.02. The zero-order chi connectivity index (χ0) is 24.5. The van der Waals surface area contributed by atoms with Gasteiger partial charge in [-0.25, -0.2) is 14.8 Å². The minimum absolute atomic E-state index is 0.138. The molecule has 1 N–H and O–H groups in total. The van der Waals surface area contributed by atoms with Crippen molar-refractivity contribution < 1.29 is 9.53 Å². The van der Waals surface area contributed by atoms with Crippen LogP contribution < -0.4 is 10.1 Å². The molecule has 8 heteroatoms. The normalized spacial score (nSPS) is 11.7. The number of nitrogens with one attached hydrogen (secondary N) is 1. The number of urea groups is 1. The lowest BCUT2D eigenvalue weighted by Crippen LogP contribution is -2.42. The Labute approximate surface area is 206 Å². The molecular weight excluding hydrogens is 440 g/mol. The van der Waals surface area contributed by atoms with Crippen molar-refractivity contribution in [2.75, 3.05) is 13.2 Å². The molecular formula is C27H32N6O2. The molecule has 2 aromatic carbocycles. The molecule has 2 aromatic heterocycles. The van der Waals surface area contributed by atoms with Gasteiger partial charge in [-0.05, 0) is 36.6 Å². The Hall–Kier alpha value is -4.07. The van der Waals surface area contributed by atoms with Crippen LogP contribution in [-0.4, -0.2) is 43.2 Å². The van der Waals surface area contributed by atoms with Crippen molar-refractivity contribution in [1.82, 2.24) is 29.3 Å². The van der Waals surface area contributed by atoms with Crippen LogP contribution >= 0.6 is 0 Å². The molecule has 0 aliphatic carbocycles. The second-order valence-corrected chi connectivity index (χ2v) is 8.34. The highest BCUT2D eigenvalue weighted by atomic mass is 16.5. The zero-order valence-corrected chi connectivity index (χ0v) is 20.2. The molecule has 0 saturated heterocycles. The van der Waals surface area contributed by atoms with Gasteiger partial charge in [0.15, 0.2) is 0 Å². The molecule has 1 atom stereocenters. The summed E-state index contributed by atoms with van der Waals surface area (Å²) in [6.07, 6.45) is 9.94. The van der Waals surface area contributed by atoms with E-state index in [2.05, 4.69) is 15.3 Å². The third-order valence-corrected chi connectivity index (χ3v) is 5.82. The van der Waals surface area contributed by atoms with Crippen LogP contribution in [0.4, 0.5) is 4.79 Å². The molecule has 0 saturated carbocycles. The Morgan fingerprint density at radius 3 is 2.54 bits per heavy atom. The first kappa shape index (κ1) is 24.1. The molecule has 0 radical (unpaired) electrons. The number of ether oxygens (including phenoxy) is 1. The molecule has 35 heavy (non-hydrogen) atoms. The highest BCUT2D eigenvalue weighted by Crippen LogP contribution is 2.21. The molecule has 4 rings (SSSR count). The van der Waals surface area contributed by atoms with Gasteiger partial charge in [0.1, 0.15) is 17.6 Å². The van der Waals surface area contributed by atoms with Crippen molar-refractivity contribution >= 4 is 6.03 Å². The zero-order valence-electron chi connectivity index (χ0n) is 20.2. The largest absolute Gasteiger partial charge is 0.494 e. The van der Waals surface area contributed by atoms with Gasteiger partial charge in [-0.2, -0.15) is 0 Å². The highest BCUT2D eigenvalue weighted by molar-refractivity contribution is 5.75. The van der Waals surface area contributed by atoms with Crippen LogP contribution in [0.15, 0.2) is 85.7 Å². The summed E-state index contributed by atoms with van der Waals surface area (Å²) in [7, 11) is 1.94. The molecule has 0 bridgehead atoms. The maximum absolute atomic E-state index is 13.6. The van der Waals surface area contributed by atoms with Crippen LogP contribution in [0.5, 0.6) is 5.75 Å². The average Bonchev–Trinajstić information content (AvgIpc) is 3.55. The van der Waals surface area contributed by atoms with Gasteiger partial charge in [0.2, 0.25) is 0 Å². The Kier molecular flexibility index (Phi) is 8.17. The summed E-state index contributed by atoms with van der Waals surface area (Å²) in [6.45, 7) is 4.46. The molecule has 4 aromatic rings. The van der Waals surface area contributed by atoms with E-state index in [1.807, 2.05) is 95.0 Å². The smallest absolute Gasteiger partial charge is 0.318 e. The lowest BCUT2D eigenvalue weighted by Gasteiger charge is -2.27. The lowest BCUT2D eigenvalue weighted by atomic mass is 10.1. The van der Waals surface area contributed by atoms with E-state index in [1.54, 1.807) is 18.7 Å². The summed E-state index contributed by atoms with van der Waals surface area (Å²) in [5.74, 6) is 1.61. The van der Waals surface area contributed by atoms with E-state index in [4.69, 9.17) is 4.74 Å². The molecule has 1 unspecified atom stereocenters. The van der Waals surface area contributed by atoms with Gasteiger partial charge in [-0.15, -0.1) is 0 Å². The number of carbonyl (C=O) groups excluding carboxylic acids is 1. The van der Waals surface area contributed by atoms with E-state index < -0.39 is 0 Å². The van der Waals surface area contributed by atoms with Crippen molar-refractivity contribution in [2.45, 2.75) is 32.5 Å². The number of nitrogens with zero attached hydrogens (tertiary/aromatic N) is 5. The molecule has 2 heterocycles. The fourth-order valence-electron chi connectivity index (χ4n) is 4.01. The monoisotopic (exact) mass is 472 g/mol. The average molecular weight is 473 g/mol. The minimum atomic E-state index is -0.361. The molecule has 2 amide bonds. The van der Waals surface area contributed by atoms with E-state index in [-0.39, 0.29) is 12.1 Å². The molecule has 182 valence electrons. The van der Waals surface area contributed by atoms with Gasteiger partial charge in [-0.3, -0.25) is 0 Å². The third kappa shape index (κ3) is 6.50. The number of benzene rings is 2. The maximum atomic E-state index is 13.6. The van der Waals surface area contributed by atoms with Crippen molar-refractivity contribution in [3.8, 4) is 5.75 Å². The Bertz CT molecular complexity index is 1170. The van der Waals surface area contributed by atoms with Crippen LogP contribution in [0.1, 0.15) is 36.3 Å². The first-order chi connectivity index (χ1) is 17.1. The number of hydrogen-bond acceptors (Lipinski definition) is 4. The van der Waals surface area contributed by atoms with Crippen molar-refractivity contribution in [3.63, 3.8) is 0 Å². The fourth-order valence-corrected chi connectivity index (χ4v) is 4.01. The van der Waals surface area contributed by atoms with Crippen LogP contribution in [-0.2, 0) is 20.1 Å². The highest BCUT2D eigenvalue weighted by Gasteiger charge is 2.23. The van der Waals surface area contributed by atoms with E-state index in [0.717, 1.165) is 35.7 Å². The molecule has 0 spiro atoms. The Balaban J connectivity index is 1.52. The quantitative estimate of drug-likeness (QED) is 0.351. The van der Waals surface area contributed by atoms with Gasteiger partial charge in [0, 0.05) is 51.5 Å². The molecule has 0 aliphatic heterocycles. The summed E-state index contributed by atoms with van der Waals surface area (Å²) in [6, 6.07) is 17.3. The molecule has 0 fully saturated rings. The summed E-state index contributed by atoms with van der Waals surface area (Å²) in [5, 5.41) is 3.23. The summed E-state index contributed by atoms with van der Waals surface area (Å²) in [4.78, 5) is 24.1. The summed E-state index contributed by atoms with van der Waals surface area (Å²) >= 11 is 0. The van der Waals surface area contributed by atoms with Gasteiger partial charge >= 0.3 is 6.03 Å². The number of amides is 2. The van der Waals surface area contributed by atoms with E-state index in [0.29, 0.717) is 19.7 Å². The van der Waals surface area contributed by atoms with Gasteiger partial charge in [0.05, 0.1) is 12.9 Å². The lowest BCUT2D eigenvalue weighted by molar-refractivity contribution is 0.190. The van der Waals surface area contributed by atoms with Gasteiger partial charge in [-0.1, -0.05) is 42.5 Å². The van der Waals surface area contributed by atoms with Crippen LogP contribution in [0.25, 0.3) is 0 Å². The van der Waals surface area contributed by atoms with E-state index in [9.17, 15) is 4.79 Å².